The number of anilines is 1. The molecule has 6 heteroatoms. The van der Waals surface area contributed by atoms with Crippen LogP contribution < -0.4 is 10.6 Å². The Morgan fingerprint density at radius 1 is 1.27 bits per heavy atom. The minimum absolute atomic E-state index is 0.00151. The van der Waals surface area contributed by atoms with Gasteiger partial charge in [-0.3, -0.25) is 9.59 Å². The highest BCUT2D eigenvalue weighted by Crippen LogP contribution is 2.38. The molecule has 0 heterocycles. The summed E-state index contributed by atoms with van der Waals surface area (Å²) < 4.78 is 0. The molecule has 0 spiro atoms. The lowest BCUT2D eigenvalue weighted by molar-refractivity contribution is -0.139. The molecule has 1 saturated carbocycles. The third kappa shape index (κ3) is 3.84. The Bertz CT molecular complexity index is 582. The number of carboxylic acids is 1. The molecule has 6 nitrogen and oxygen atoms in total. The quantitative estimate of drug-likeness (QED) is 0.747. The molecule has 0 aromatic heterocycles. The largest absolute Gasteiger partial charge is 0.480 e. The van der Waals surface area contributed by atoms with Gasteiger partial charge in [-0.25, -0.2) is 4.79 Å². The lowest BCUT2D eigenvalue weighted by Gasteiger charge is -2.12. The number of hydrogen-bond donors (Lipinski definition) is 3. The molecule has 0 aliphatic heterocycles. The molecule has 2 rings (SSSR count). The number of amides is 2. The van der Waals surface area contributed by atoms with Crippen LogP contribution in [0.1, 0.15) is 37.0 Å². The van der Waals surface area contributed by atoms with Crippen molar-refractivity contribution in [1.82, 2.24) is 5.32 Å². The first-order valence-electron chi connectivity index (χ1n) is 7.37. The van der Waals surface area contributed by atoms with Gasteiger partial charge in [-0.15, -0.1) is 0 Å². The topological polar surface area (TPSA) is 95.5 Å². The second-order valence-electron chi connectivity index (χ2n) is 5.66. The van der Waals surface area contributed by atoms with E-state index >= 15 is 0 Å². The van der Waals surface area contributed by atoms with Gasteiger partial charge in [0.25, 0.3) is 5.91 Å². The standard InChI is InChI=1S/C16H20N2O4/c1-3-13(16(21)22)18-14(19)10-4-6-11(7-5-10)17-15(20)12-8-9(12)2/h4-7,9,12-13H,3,8H2,1-2H3,(H,17,20)(H,18,19)(H,21,22). The van der Waals surface area contributed by atoms with E-state index < -0.39 is 17.9 Å². The highest BCUT2D eigenvalue weighted by molar-refractivity contribution is 5.98. The smallest absolute Gasteiger partial charge is 0.326 e. The fraction of sp³-hybridized carbons (Fsp3) is 0.438. The molecular formula is C16H20N2O4. The molecule has 3 N–H and O–H groups in total. The maximum Gasteiger partial charge on any atom is 0.326 e. The van der Waals surface area contributed by atoms with Crippen LogP contribution in [-0.2, 0) is 9.59 Å². The summed E-state index contributed by atoms with van der Waals surface area (Å²) in [5, 5.41) is 14.2. The molecule has 0 radical (unpaired) electrons. The summed E-state index contributed by atoms with van der Waals surface area (Å²) in [5.41, 5.74) is 0.989. The Hall–Kier alpha value is -2.37. The van der Waals surface area contributed by atoms with Gasteiger partial charge in [0.1, 0.15) is 6.04 Å². The maximum absolute atomic E-state index is 12.0. The van der Waals surface area contributed by atoms with Crippen molar-refractivity contribution >= 4 is 23.5 Å². The third-order valence-corrected chi connectivity index (χ3v) is 3.87. The number of benzene rings is 1. The molecule has 1 aromatic rings. The van der Waals surface area contributed by atoms with E-state index in [1.165, 1.54) is 0 Å². The summed E-state index contributed by atoms with van der Waals surface area (Å²) in [5.74, 6) is -0.973. The van der Waals surface area contributed by atoms with Crippen molar-refractivity contribution in [3.8, 4) is 0 Å². The van der Waals surface area contributed by atoms with Gasteiger partial charge in [-0.05, 0) is 43.0 Å². The fourth-order valence-electron chi connectivity index (χ4n) is 2.21. The number of aliphatic carboxylic acids is 1. The van der Waals surface area contributed by atoms with Crippen LogP contribution in [0.2, 0.25) is 0 Å². The summed E-state index contributed by atoms with van der Waals surface area (Å²) in [6.07, 6.45) is 1.23. The van der Waals surface area contributed by atoms with Crippen LogP contribution in [0.4, 0.5) is 5.69 Å². The van der Waals surface area contributed by atoms with Crippen molar-refractivity contribution in [2.45, 2.75) is 32.7 Å². The van der Waals surface area contributed by atoms with Gasteiger partial charge in [-0.1, -0.05) is 13.8 Å². The van der Waals surface area contributed by atoms with Crippen molar-refractivity contribution < 1.29 is 19.5 Å². The molecule has 2 amide bonds. The van der Waals surface area contributed by atoms with E-state index in [0.717, 1.165) is 6.42 Å². The Morgan fingerprint density at radius 2 is 1.86 bits per heavy atom. The fourth-order valence-corrected chi connectivity index (χ4v) is 2.21. The van der Waals surface area contributed by atoms with Crippen molar-refractivity contribution in [2.24, 2.45) is 11.8 Å². The van der Waals surface area contributed by atoms with Crippen LogP contribution in [0.25, 0.3) is 0 Å². The SMILES string of the molecule is CCC(NC(=O)c1ccc(NC(=O)C2CC2C)cc1)C(=O)O. The molecule has 118 valence electrons. The van der Waals surface area contributed by atoms with E-state index in [-0.39, 0.29) is 11.8 Å². The molecule has 1 aromatic carbocycles. The number of carboxylic acid groups (broad SMARTS) is 1. The average Bonchev–Trinajstić information content (AvgIpc) is 3.22. The molecule has 0 saturated heterocycles. The summed E-state index contributed by atoms with van der Waals surface area (Å²) in [6, 6.07) is 5.51. The number of carbonyl (C=O) groups is 3. The Morgan fingerprint density at radius 3 is 2.32 bits per heavy atom. The van der Waals surface area contributed by atoms with E-state index in [9.17, 15) is 14.4 Å². The highest BCUT2D eigenvalue weighted by Gasteiger charge is 2.39. The van der Waals surface area contributed by atoms with Crippen molar-refractivity contribution in [2.75, 3.05) is 5.32 Å². The summed E-state index contributed by atoms with van der Waals surface area (Å²) >= 11 is 0. The number of rotatable bonds is 6. The molecule has 0 bridgehead atoms. The molecule has 3 unspecified atom stereocenters. The van der Waals surface area contributed by atoms with Crippen molar-refractivity contribution in [3.63, 3.8) is 0 Å². The zero-order valence-corrected chi connectivity index (χ0v) is 12.6. The van der Waals surface area contributed by atoms with Gasteiger partial charge in [0.05, 0.1) is 0 Å². The summed E-state index contributed by atoms with van der Waals surface area (Å²) in [7, 11) is 0. The Kier molecular flexibility index (Phi) is 4.80. The second kappa shape index (κ2) is 6.60. The van der Waals surface area contributed by atoms with E-state index in [2.05, 4.69) is 10.6 Å². The van der Waals surface area contributed by atoms with Gasteiger partial charge >= 0.3 is 5.97 Å². The highest BCUT2D eigenvalue weighted by atomic mass is 16.4. The van der Waals surface area contributed by atoms with Crippen LogP contribution >= 0.6 is 0 Å². The van der Waals surface area contributed by atoms with Gasteiger partial charge in [0.2, 0.25) is 5.91 Å². The molecule has 1 fully saturated rings. The lowest BCUT2D eigenvalue weighted by atomic mass is 10.1. The number of carbonyl (C=O) groups excluding carboxylic acids is 2. The van der Waals surface area contributed by atoms with Crippen LogP contribution in [0.5, 0.6) is 0 Å². The maximum atomic E-state index is 12.0. The monoisotopic (exact) mass is 304 g/mol. The van der Waals surface area contributed by atoms with Crippen LogP contribution in [0, 0.1) is 11.8 Å². The van der Waals surface area contributed by atoms with Crippen LogP contribution in [0.15, 0.2) is 24.3 Å². The van der Waals surface area contributed by atoms with Crippen LogP contribution in [-0.4, -0.2) is 28.9 Å². The van der Waals surface area contributed by atoms with Crippen molar-refractivity contribution in [3.05, 3.63) is 29.8 Å². The van der Waals surface area contributed by atoms with E-state index in [0.29, 0.717) is 23.6 Å². The Balaban J connectivity index is 1.94. The van der Waals surface area contributed by atoms with Gasteiger partial charge in [-0.2, -0.15) is 0 Å². The normalized spacial score (nSPS) is 20.8. The lowest BCUT2D eigenvalue weighted by Crippen LogP contribution is -2.40. The first kappa shape index (κ1) is 16.0. The minimum Gasteiger partial charge on any atom is -0.480 e. The van der Waals surface area contributed by atoms with E-state index in [1.807, 2.05) is 6.92 Å². The Labute approximate surface area is 128 Å². The first-order valence-corrected chi connectivity index (χ1v) is 7.37. The minimum atomic E-state index is -1.06. The zero-order chi connectivity index (χ0) is 16.3. The molecule has 3 atom stereocenters. The predicted molar refractivity (Wildman–Crippen MR) is 81.5 cm³/mol. The van der Waals surface area contributed by atoms with Crippen LogP contribution in [0.3, 0.4) is 0 Å². The second-order valence-corrected chi connectivity index (χ2v) is 5.66. The first-order chi connectivity index (χ1) is 10.4. The molecular weight excluding hydrogens is 284 g/mol. The van der Waals surface area contributed by atoms with E-state index in [4.69, 9.17) is 5.11 Å². The predicted octanol–water partition coefficient (Wildman–Crippen LogP) is 1.87. The molecule has 1 aliphatic carbocycles. The third-order valence-electron chi connectivity index (χ3n) is 3.87. The summed E-state index contributed by atoms with van der Waals surface area (Å²) in [6.45, 7) is 3.72. The number of nitrogens with one attached hydrogen (secondary N) is 2. The molecule has 1 aliphatic rings. The van der Waals surface area contributed by atoms with E-state index in [1.54, 1.807) is 31.2 Å². The summed E-state index contributed by atoms with van der Waals surface area (Å²) in [4.78, 5) is 34.7. The van der Waals surface area contributed by atoms with Gasteiger partial charge < -0.3 is 15.7 Å². The average molecular weight is 304 g/mol. The zero-order valence-electron chi connectivity index (χ0n) is 12.6. The van der Waals surface area contributed by atoms with Crippen molar-refractivity contribution in [1.29, 1.82) is 0 Å². The van der Waals surface area contributed by atoms with Gasteiger partial charge in [0.15, 0.2) is 0 Å². The van der Waals surface area contributed by atoms with Gasteiger partial charge in [0, 0.05) is 17.2 Å². The molecule has 22 heavy (non-hydrogen) atoms. The number of hydrogen-bond acceptors (Lipinski definition) is 3.